The largest absolute Gasteiger partial charge is 0.450 e. The number of esters is 1. The second-order valence-electron chi connectivity index (χ2n) is 2.66. The van der Waals surface area contributed by atoms with Crippen LogP contribution in [0.1, 0.15) is 20.3 Å². The van der Waals surface area contributed by atoms with Crippen LogP contribution in [0, 0.1) is 0 Å². The van der Waals surface area contributed by atoms with Gasteiger partial charge in [-0.2, -0.15) is 0 Å². The van der Waals surface area contributed by atoms with E-state index < -0.39 is 11.6 Å². The summed E-state index contributed by atoms with van der Waals surface area (Å²) in [5.41, 5.74) is 5.09. The summed E-state index contributed by atoms with van der Waals surface area (Å²) in [5, 5.41) is 0. The first-order valence-corrected chi connectivity index (χ1v) is 3.29. The molecule has 0 bridgehead atoms. The van der Waals surface area contributed by atoms with Crippen molar-refractivity contribution in [3.05, 3.63) is 11.8 Å². The van der Waals surface area contributed by atoms with Gasteiger partial charge in [-0.3, -0.25) is 0 Å². The Morgan fingerprint density at radius 2 is 2.40 bits per heavy atom. The Balaban J connectivity index is 2.82. The van der Waals surface area contributed by atoms with E-state index in [1.165, 1.54) is 0 Å². The van der Waals surface area contributed by atoms with Crippen molar-refractivity contribution >= 4 is 5.97 Å². The molecule has 0 aliphatic carbocycles. The van der Waals surface area contributed by atoms with Crippen LogP contribution in [0.15, 0.2) is 11.8 Å². The number of ether oxygens (including phenoxy) is 1. The summed E-state index contributed by atoms with van der Waals surface area (Å²) in [4.78, 5) is 10.7. The predicted molar refractivity (Wildman–Crippen MR) is 37.1 cm³/mol. The zero-order valence-electron chi connectivity index (χ0n) is 6.18. The average molecular weight is 141 g/mol. The first-order chi connectivity index (χ1) is 4.57. The maximum atomic E-state index is 10.7. The van der Waals surface area contributed by atoms with Crippen molar-refractivity contribution in [2.75, 3.05) is 0 Å². The third-order valence-corrected chi connectivity index (χ3v) is 1.72. The van der Waals surface area contributed by atoms with Gasteiger partial charge in [0, 0.05) is 0 Å². The summed E-state index contributed by atoms with van der Waals surface area (Å²) in [6.07, 6.45) is 2.43. The van der Waals surface area contributed by atoms with Crippen LogP contribution in [-0.2, 0) is 9.53 Å². The Bertz CT molecular complexity index is 198. The Kier molecular flexibility index (Phi) is 1.43. The van der Waals surface area contributed by atoms with Crippen LogP contribution in [0.2, 0.25) is 0 Å². The van der Waals surface area contributed by atoms with Crippen LogP contribution in [0.5, 0.6) is 0 Å². The van der Waals surface area contributed by atoms with Gasteiger partial charge < -0.3 is 10.5 Å². The lowest BCUT2D eigenvalue weighted by Gasteiger charge is -2.17. The molecule has 3 nitrogen and oxygen atoms in total. The van der Waals surface area contributed by atoms with Gasteiger partial charge in [0.15, 0.2) is 0 Å². The topological polar surface area (TPSA) is 52.3 Å². The highest BCUT2D eigenvalue weighted by Gasteiger charge is 2.32. The third kappa shape index (κ3) is 0.988. The molecule has 0 radical (unpaired) electrons. The molecule has 0 spiro atoms. The molecule has 0 amide bonds. The molecule has 1 aliphatic rings. The summed E-state index contributed by atoms with van der Waals surface area (Å²) in [5.74, 6) is -0.399. The fourth-order valence-corrected chi connectivity index (χ4v) is 0.862. The SMILES string of the molecule is CCC1(C)C=C(N)C(=O)O1. The van der Waals surface area contributed by atoms with Crippen molar-refractivity contribution in [1.29, 1.82) is 0 Å². The lowest BCUT2D eigenvalue weighted by atomic mass is 10.0. The van der Waals surface area contributed by atoms with Gasteiger partial charge in [-0.15, -0.1) is 0 Å². The minimum absolute atomic E-state index is 0.226. The standard InChI is InChI=1S/C7H11NO2/c1-3-7(2)4-5(8)6(9)10-7/h4H,3,8H2,1-2H3. The first kappa shape index (κ1) is 7.12. The molecule has 1 atom stereocenters. The lowest BCUT2D eigenvalue weighted by molar-refractivity contribution is -0.145. The average Bonchev–Trinajstić information content (AvgIpc) is 2.10. The molecule has 1 aliphatic heterocycles. The van der Waals surface area contributed by atoms with Crippen molar-refractivity contribution < 1.29 is 9.53 Å². The van der Waals surface area contributed by atoms with Gasteiger partial charge in [-0.25, -0.2) is 4.79 Å². The molecule has 56 valence electrons. The second kappa shape index (κ2) is 2.01. The van der Waals surface area contributed by atoms with E-state index in [1.807, 2.05) is 13.8 Å². The number of nitrogens with two attached hydrogens (primary N) is 1. The Morgan fingerprint density at radius 3 is 2.60 bits per heavy atom. The van der Waals surface area contributed by atoms with Crippen molar-refractivity contribution in [3.63, 3.8) is 0 Å². The monoisotopic (exact) mass is 141 g/mol. The molecule has 10 heavy (non-hydrogen) atoms. The molecule has 1 rings (SSSR count). The van der Waals surface area contributed by atoms with E-state index >= 15 is 0 Å². The lowest BCUT2D eigenvalue weighted by Crippen LogP contribution is -2.22. The number of hydrogen-bond donors (Lipinski definition) is 1. The smallest absolute Gasteiger partial charge is 0.354 e. The minimum atomic E-state index is -0.457. The van der Waals surface area contributed by atoms with Crippen LogP contribution >= 0.6 is 0 Å². The van der Waals surface area contributed by atoms with E-state index in [0.29, 0.717) is 0 Å². The summed E-state index contributed by atoms with van der Waals surface area (Å²) < 4.78 is 4.95. The van der Waals surface area contributed by atoms with Crippen molar-refractivity contribution in [2.45, 2.75) is 25.9 Å². The van der Waals surface area contributed by atoms with Crippen LogP contribution < -0.4 is 5.73 Å². The molecule has 0 aromatic carbocycles. The predicted octanol–water partition coefficient (Wildman–Crippen LogP) is 0.555. The van der Waals surface area contributed by atoms with E-state index in [9.17, 15) is 4.79 Å². The van der Waals surface area contributed by atoms with E-state index in [2.05, 4.69) is 0 Å². The number of carbonyl (C=O) groups is 1. The molecular formula is C7H11NO2. The normalized spacial score (nSPS) is 31.8. The summed E-state index contributed by atoms with van der Waals surface area (Å²) in [6.45, 7) is 3.78. The van der Waals surface area contributed by atoms with Gasteiger partial charge in [-0.05, 0) is 19.4 Å². The summed E-state index contributed by atoms with van der Waals surface area (Å²) >= 11 is 0. The number of rotatable bonds is 1. The van der Waals surface area contributed by atoms with Gasteiger partial charge in [0.1, 0.15) is 11.3 Å². The van der Waals surface area contributed by atoms with Crippen molar-refractivity contribution in [3.8, 4) is 0 Å². The van der Waals surface area contributed by atoms with Gasteiger partial charge in [0.05, 0.1) is 0 Å². The minimum Gasteiger partial charge on any atom is -0.450 e. The Morgan fingerprint density at radius 1 is 1.80 bits per heavy atom. The third-order valence-electron chi connectivity index (χ3n) is 1.72. The highest BCUT2D eigenvalue weighted by Crippen LogP contribution is 2.24. The zero-order valence-corrected chi connectivity index (χ0v) is 6.18. The molecule has 0 aromatic rings. The molecule has 0 saturated carbocycles. The molecule has 0 aromatic heterocycles. The molecular weight excluding hydrogens is 130 g/mol. The molecule has 3 heteroatoms. The molecule has 1 heterocycles. The fourth-order valence-electron chi connectivity index (χ4n) is 0.862. The van der Waals surface area contributed by atoms with E-state index in [4.69, 9.17) is 10.5 Å². The highest BCUT2D eigenvalue weighted by molar-refractivity contribution is 5.90. The Labute approximate surface area is 59.8 Å². The molecule has 2 N–H and O–H groups in total. The maximum Gasteiger partial charge on any atom is 0.354 e. The first-order valence-electron chi connectivity index (χ1n) is 3.29. The van der Waals surface area contributed by atoms with E-state index in [0.717, 1.165) is 6.42 Å². The van der Waals surface area contributed by atoms with Crippen LogP contribution in [0.4, 0.5) is 0 Å². The van der Waals surface area contributed by atoms with Crippen molar-refractivity contribution in [1.82, 2.24) is 0 Å². The highest BCUT2D eigenvalue weighted by atomic mass is 16.6. The van der Waals surface area contributed by atoms with Crippen LogP contribution in [0.25, 0.3) is 0 Å². The number of cyclic esters (lactones) is 1. The molecule has 0 saturated heterocycles. The van der Waals surface area contributed by atoms with Crippen molar-refractivity contribution in [2.24, 2.45) is 5.73 Å². The quantitative estimate of drug-likeness (QED) is 0.543. The van der Waals surface area contributed by atoms with Gasteiger partial charge in [-0.1, -0.05) is 6.92 Å². The Hall–Kier alpha value is -0.990. The summed E-state index contributed by atoms with van der Waals surface area (Å²) in [7, 11) is 0. The van der Waals surface area contributed by atoms with Crippen LogP contribution in [-0.4, -0.2) is 11.6 Å². The fraction of sp³-hybridized carbons (Fsp3) is 0.571. The zero-order chi connectivity index (χ0) is 7.78. The van der Waals surface area contributed by atoms with E-state index in [1.54, 1.807) is 6.08 Å². The molecule has 0 fully saturated rings. The molecule has 1 unspecified atom stereocenters. The van der Waals surface area contributed by atoms with Gasteiger partial charge >= 0.3 is 5.97 Å². The second-order valence-corrected chi connectivity index (χ2v) is 2.66. The summed E-state index contributed by atoms with van der Waals surface area (Å²) in [6, 6.07) is 0. The van der Waals surface area contributed by atoms with Gasteiger partial charge in [0.25, 0.3) is 0 Å². The number of hydrogen-bond acceptors (Lipinski definition) is 3. The number of carbonyl (C=O) groups excluding carboxylic acids is 1. The van der Waals surface area contributed by atoms with E-state index in [-0.39, 0.29) is 5.70 Å². The van der Waals surface area contributed by atoms with Crippen LogP contribution in [0.3, 0.4) is 0 Å². The van der Waals surface area contributed by atoms with Gasteiger partial charge in [0.2, 0.25) is 0 Å². The maximum absolute atomic E-state index is 10.7.